The molecule has 2 saturated heterocycles. The summed E-state index contributed by atoms with van der Waals surface area (Å²) in [5, 5.41) is -0.371. The number of hydrogen-bond donors (Lipinski definition) is 0. The fraction of sp³-hybridized carbons (Fsp3) is 0.692. The number of esters is 2. The molecule has 2 aliphatic heterocycles. The van der Waals surface area contributed by atoms with Crippen LogP contribution < -0.4 is 0 Å². The molecule has 0 aromatic heterocycles. The van der Waals surface area contributed by atoms with Crippen LogP contribution in [-0.2, 0) is 33.6 Å². The van der Waals surface area contributed by atoms with Crippen molar-refractivity contribution in [1.82, 2.24) is 0 Å². The summed E-state index contributed by atoms with van der Waals surface area (Å²) in [7, 11) is -3.15. The fourth-order valence-electron chi connectivity index (χ4n) is 3.36. The number of carbonyl (C=O) groups excluding carboxylic acids is 2. The summed E-state index contributed by atoms with van der Waals surface area (Å²) in [5.41, 5.74) is -0.722. The first-order valence-corrected chi connectivity index (χ1v) is 8.34. The molecule has 0 aromatic carbocycles. The highest BCUT2D eigenvalue weighted by Crippen LogP contribution is 2.56. The molecule has 116 valence electrons. The van der Waals surface area contributed by atoms with Gasteiger partial charge in [0.05, 0.1) is 5.25 Å². The molecule has 3 rings (SSSR count). The highest BCUT2D eigenvalue weighted by atomic mass is 32.2. The Labute approximate surface area is 122 Å². The summed E-state index contributed by atoms with van der Waals surface area (Å²) in [6, 6.07) is 0. The number of ether oxygens (including phenoxy) is 3. The summed E-state index contributed by atoms with van der Waals surface area (Å²) >= 11 is 0. The van der Waals surface area contributed by atoms with E-state index >= 15 is 0 Å². The Bertz CT molecular complexity index is 596. The highest BCUT2D eigenvalue weighted by molar-refractivity contribution is 7.94. The first kappa shape index (κ1) is 14.5. The van der Waals surface area contributed by atoms with Crippen LogP contribution >= 0.6 is 0 Å². The summed E-state index contributed by atoms with van der Waals surface area (Å²) in [6.45, 7) is 4.56. The molecule has 1 aliphatic carbocycles. The molecule has 1 saturated carbocycles. The van der Waals surface area contributed by atoms with Crippen LogP contribution in [0.4, 0.5) is 0 Å². The largest absolute Gasteiger partial charge is 0.457 e. The molecule has 6 atom stereocenters. The molecule has 21 heavy (non-hydrogen) atoms. The maximum absolute atomic E-state index is 11.8. The molecular formula is C13H16O7S. The predicted octanol–water partition coefficient (Wildman–Crippen LogP) is -0.195. The molecule has 0 N–H and O–H groups in total. The van der Waals surface area contributed by atoms with Crippen molar-refractivity contribution in [3.63, 3.8) is 0 Å². The van der Waals surface area contributed by atoms with Crippen LogP contribution in [0.25, 0.3) is 0 Å². The molecule has 0 amide bonds. The van der Waals surface area contributed by atoms with E-state index in [1.165, 1.54) is 0 Å². The Hall–Kier alpha value is -1.41. The van der Waals surface area contributed by atoms with Gasteiger partial charge in [-0.1, -0.05) is 13.5 Å². The Morgan fingerprint density at radius 1 is 1.43 bits per heavy atom. The SMILES string of the molecule is C=CC(=O)OCC(=O)OC1C(C)CC2C3C1OC3S2(=O)=O. The number of sulfone groups is 1. The second-order valence-electron chi connectivity index (χ2n) is 5.65. The molecule has 6 unspecified atom stereocenters. The molecule has 0 radical (unpaired) electrons. The van der Waals surface area contributed by atoms with Crippen molar-refractivity contribution in [2.75, 3.05) is 6.61 Å². The van der Waals surface area contributed by atoms with Crippen LogP contribution in [0.1, 0.15) is 13.3 Å². The minimum Gasteiger partial charge on any atom is -0.457 e. The summed E-state index contributed by atoms with van der Waals surface area (Å²) < 4.78 is 38.9. The van der Waals surface area contributed by atoms with Crippen molar-refractivity contribution < 1.29 is 32.2 Å². The van der Waals surface area contributed by atoms with Gasteiger partial charge in [-0.3, -0.25) is 0 Å². The Kier molecular flexibility index (Phi) is 3.32. The smallest absolute Gasteiger partial charge is 0.344 e. The van der Waals surface area contributed by atoms with Gasteiger partial charge in [0.2, 0.25) is 0 Å². The molecule has 3 fully saturated rings. The van der Waals surface area contributed by atoms with Gasteiger partial charge in [-0.25, -0.2) is 18.0 Å². The lowest BCUT2D eigenvalue weighted by atomic mass is 9.74. The number of carbonyl (C=O) groups is 2. The third kappa shape index (κ3) is 2.08. The topological polar surface area (TPSA) is 96.0 Å². The van der Waals surface area contributed by atoms with Gasteiger partial charge in [0.25, 0.3) is 0 Å². The standard InChI is InChI=1S/C13H16O7S/c1-3-8(14)18-5-9(15)19-11-6(2)4-7-10-12(11)20-13(10)21(7,16)17/h3,6-7,10-13H,1,4-5H2,2H3. The van der Waals surface area contributed by atoms with Crippen LogP contribution in [0.3, 0.4) is 0 Å². The lowest BCUT2D eigenvalue weighted by molar-refractivity contribution is -0.243. The normalized spacial score (nSPS) is 41.8. The summed E-state index contributed by atoms with van der Waals surface area (Å²) in [4.78, 5) is 22.5. The number of hydrogen-bond acceptors (Lipinski definition) is 7. The second kappa shape index (κ2) is 4.81. The third-order valence-electron chi connectivity index (χ3n) is 4.42. The van der Waals surface area contributed by atoms with Crippen molar-refractivity contribution in [3.8, 4) is 0 Å². The zero-order valence-electron chi connectivity index (χ0n) is 11.4. The lowest BCUT2D eigenvalue weighted by Gasteiger charge is -2.62. The Morgan fingerprint density at radius 3 is 2.81 bits per heavy atom. The molecule has 0 aromatic rings. The highest BCUT2D eigenvalue weighted by Gasteiger charge is 2.72. The van der Waals surface area contributed by atoms with Crippen molar-refractivity contribution >= 4 is 21.8 Å². The van der Waals surface area contributed by atoms with E-state index in [-0.39, 0.29) is 23.2 Å². The van der Waals surface area contributed by atoms with E-state index in [2.05, 4.69) is 11.3 Å². The third-order valence-corrected chi connectivity index (χ3v) is 6.84. The molecule has 2 heterocycles. The van der Waals surface area contributed by atoms with Gasteiger partial charge in [-0.2, -0.15) is 0 Å². The van der Waals surface area contributed by atoms with Crippen LogP contribution in [0.15, 0.2) is 12.7 Å². The van der Waals surface area contributed by atoms with E-state index in [1.54, 1.807) is 0 Å². The maximum atomic E-state index is 11.8. The Balaban J connectivity index is 1.59. The van der Waals surface area contributed by atoms with E-state index in [4.69, 9.17) is 9.47 Å². The first-order chi connectivity index (χ1) is 9.86. The maximum Gasteiger partial charge on any atom is 0.344 e. The molecule has 7 nitrogen and oxygen atoms in total. The average Bonchev–Trinajstić information content (AvgIpc) is 2.40. The average molecular weight is 316 g/mol. The second-order valence-corrected chi connectivity index (χ2v) is 7.90. The van der Waals surface area contributed by atoms with E-state index in [9.17, 15) is 18.0 Å². The molecule has 3 aliphatic rings. The first-order valence-electron chi connectivity index (χ1n) is 6.73. The van der Waals surface area contributed by atoms with Gasteiger partial charge in [0.15, 0.2) is 21.9 Å². The number of rotatable bonds is 4. The van der Waals surface area contributed by atoms with E-state index in [1.807, 2.05) is 6.92 Å². The van der Waals surface area contributed by atoms with Crippen molar-refractivity contribution in [1.29, 1.82) is 0 Å². The zero-order chi connectivity index (χ0) is 15.4. The minimum absolute atomic E-state index is 0.0697. The van der Waals surface area contributed by atoms with Gasteiger partial charge in [-0.05, 0) is 12.3 Å². The summed E-state index contributed by atoms with van der Waals surface area (Å²) in [5.74, 6) is -1.56. The predicted molar refractivity (Wildman–Crippen MR) is 69.7 cm³/mol. The van der Waals surface area contributed by atoms with Crippen molar-refractivity contribution in [2.24, 2.45) is 11.8 Å². The molecule has 8 heteroatoms. The van der Waals surface area contributed by atoms with Gasteiger partial charge in [-0.15, -0.1) is 0 Å². The van der Waals surface area contributed by atoms with Gasteiger partial charge in [0, 0.05) is 12.0 Å². The molecule has 0 spiro atoms. The molecular weight excluding hydrogens is 300 g/mol. The zero-order valence-corrected chi connectivity index (χ0v) is 12.2. The van der Waals surface area contributed by atoms with E-state index < -0.39 is 39.9 Å². The quantitative estimate of drug-likeness (QED) is 0.523. The molecule has 0 bridgehead atoms. The van der Waals surface area contributed by atoms with E-state index in [0.29, 0.717) is 6.42 Å². The minimum atomic E-state index is -3.15. The van der Waals surface area contributed by atoms with Crippen molar-refractivity contribution in [3.05, 3.63) is 12.7 Å². The monoisotopic (exact) mass is 316 g/mol. The van der Waals surface area contributed by atoms with Crippen LogP contribution in [-0.4, -0.2) is 49.9 Å². The fourth-order valence-corrected chi connectivity index (χ4v) is 5.80. The van der Waals surface area contributed by atoms with Gasteiger partial charge >= 0.3 is 11.9 Å². The van der Waals surface area contributed by atoms with Gasteiger partial charge < -0.3 is 14.2 Å². The van der Waals surface area contributed by atoms with E-state index in [0.717, 1.165) is 6.08 Å². The van der Waals surface area contributed by atoms with Crippen LogP contribution in [0.2, 0.25) is 0 Å². The summed E-state index contributed by atoms with van der Waals surface area (Å²) in [6.07, 6.45) is 0.563. The van der Waals surface area contributed by atoms with Crippen LogP contribution in [0.5, 0.6) is 0 Å². The van der Waals surface area contributed by atoms with Crippen molar-refractivity contribution in [2.45, 2.75) is 36.2 Å². The van der Waals surface area contributed by atoms with Gasteiger partial charge in [0.1, 0.15) is 12.2 Å². The Morgan fingerprint density at radius 2 is 2.14 bits per heavy atom. The van der Waals surface area contributed by atoms with Crippen LogP contribution in [0, 0.1) is 11.8 Å². The lowest BCUT2D eigenvalue weighted by Crippen LogP contribution is -2.77.